The van der Waals surface area contributed by atoms with E-state index in [1.54, 1.807) is 12.6 Å². The van der Waals surface area contributed by atoms with E-state index in [-0.39, 0.29) is 0 Å². The molecule has 0 fully saturated rings. The minimum atomic E-state index is 0.648. The lowest BCUT2D eigenvalue weighted by Gasteiger charge is -2.04. The molecule has 0 saturated carbocycles. The third-order valence-corrected chi connectivity index (χ3v) is 2.25. The van der Waals surface area contributed by atoms with Gasteiger partial charge in [0.2, 0.25) is 0 Å². The van der Waals surface area contributed by atoms with Crippen LogP contribution in [0.4, 0.5) is 5.82 Å². The summed E-state index contributed by atoms with van der Waals surface area (Å²) in [5, 5.41) is 3.20. The summed E-state index contributed by atoms with van der Waals surface area (Å²) in [4.78, 5) is 8.36. The Morgan fingerprint density at radius 3 is 3.06 bits per heavy atom. The zero-order valence-corrected chi connectivity index (χ0v) is 9.31. The summed E-state index contributed by atoms with van der Waals surface area (Å²) in [6.45, 7) is 2.79. The largest absolute Gasteiger partial charge is 0.467 e. The van der Waals surface area contributed by atoms with E-state index in [1.807, 2.05) is 18.2 Å². The van der Waals surface area contributed by atoms with Gasteiger partial charge in [0.25, 0.3) is 0 Å². The fourth-order valence-electron chi connectivity index (χ4n) is 1.48. The summed E-state index contributed by atoms with van der Waals surface area (Å²) in [6, 6.07) is 5.78. The summed E-state index contributed by atoms with van der Waals surface area (Å²) < 4.78 is 5.23. The number of furan rings is 1. The van der Waals surface area contributed by atoms with Crippen LogP contribution in [0, 0.1) is 0 Å². The van der Waals surface area contributed by atoms with E-state index in [2.05, 4.69) is 22.2 Å². The highest BCUT2D eigenvalue weighted by Gasteiger charge is 1.99. The summed E-state index contributed by atoms with van der Waals surface area (Å²) in [6.07, 6.45) is 5.33. The number of aryl methyl sites for hydroxylation is 1. The van der Waals surface area contributed by atoms with Gasteiger partial charge in [0.15, 0.2) is 0 Å². The smallest absolute Gasteiger partial charge is 0.129 e. The van der Waals surface area contributed by atoms with Gasteiger partial charge in [-0.05, 0) is 18.6 Å². The van der Waals surface area contributed by atoms with Gasteiger partial charge in [0.1, 0.15) is 17.9 Å². The number of hydrogen-bond acceptors (Lipinski definition) is 4. The molecule has 2 aromatic heterocycles. The Labute approximate surface area is 94.7 Å². The SMILES string of the molecule is CCCc1cc(NCc2ccco2)ncn1. The van der Waals surface area contributed by atoms with E-state index >= 15 is 0 Å². The Morgan fingerprint density at radius 1 is 1.38 bits per heavy atom. The quantitative estimate of drug-likeness (QED) is 0.836. The topological polar surface area (TPSA) is 51.0 Å². The molecule has 0 spiro atoms. The van der Waals surface area contributed by atoms with Crippen molar-refractivity contribution in [2.45, 2.75) is 26.3 Å². The van der Waals surface area contributed by atoms with Crippen molar-refractivity contribution in [1.82, 2.24) is 9.97 Å². The Bertz CT molecular complexity index is 426. The predicted molar refractivity (Wildman–Crippen MR) is 62.1 cm³/mol. The van der Waals surface area contributed by atoms with Crippen LogP contribution in [0.1, 0.15) is 24.8 Å². The fourth-order valence-corrected chi connectivity index (χ4v) is 1.48. The standard InChI is InChI=1S/C12H15N3O/c1-2-4-10-7-12(15-9-14-10)13-8-11-5-3-6-16-11/h3,5-7,9H,2,4,8H2,1H3,(H,13,14,15). The summed E-state index contributed by atoms with van der Waals surface area (Å²) in [5.74, 6) is 1.74. The normalized spacial score (nSPS) is 10.3. The Balaban J connectivity index is 1.96. The molecular weight excluding hydrogens is 202 g/mol. The molecule has 0 bridgehead atoms. The van der Waals surface area contributed by atoms with Gasteiger partial charge in [0, 0.05) is 11.8 Å². The fraction of sp³-hybridized carbons (Fsp3) is 0.333. The average Bonchev–Trinajstić information content (AvgIpc) is 2.80. The molecule has 0 aliphatic heterocycles. The molecule has 0 atom stereocenters. The lowest BCUT2D eigenvalue weighted by Crippen LogP contribution is -2.02. The van der Waals surface area contributed by atoms with Crippen molar-refractivity contribution >= 4 is 5.82 Å². The van der Waals surface area contributed by atoms with Gasteiger partial charge in [-0.25, -0.2) is 9.97 Å². The van der Waals surface area contributed by atoms with E-state index in [0.29, 0.717) is 6.54 Å². The molecule has 0 aliphatic rings. The molecule has 0 aliphatic carbocycles. The average molecular weight is 217 g/mol. The molecule has 0 aromatic carbocycles. The van der Waals surface area contributed by atoms with Gasteiger partial charge in [0.05, 0.1) is 12.8 Å². The van der Waals surface area contributed by atoms with Crippen LogP contribution < -0.4 is 5.32 Å². The molecule has 0 unspecified atom stereocenters. The molecule has 2 rings (SSSR count). The number of aromatic nitrogens is 2. The van der Waals surface area contributed by atoms with Gasteiger partial charge in [-0.15, -0.1) is 0 Å². The monoisotopic (exact) mass is 217 g/mol. The minimum absolute atomic E-state index is 0.648. The molecule has 16 heavy (non-hydrogen) atoms. The first-order chi connectivity index (χ1) is 7.88. The van der Waals surface area contributed by atoms with Crippen molar-refractivity contribution in [2.24, 2.45) is 0 Å². The molecule has 0 saturated heterocycles. The summed E-state index contributed by atoms with van der Waals surface area (Å²) in [7, 11) is 0. The predicted octanol–water partition coefficient (Wildman–Crippen LogP) is 2.63. The summed E-state index contributed by atoms with van der Waals surface area (Å²) in [5.41, 5.74) is 1.07. The second-order valence-corrected chi connectivity index (χ2v) is 3.58. The van der Waals surface area contributed by atoms with E-state index in [1.165, 1.54) is 0 Å². The molecule has 4 nitrogen and oxygen atoms in total. The van der Waals surface area contributed by atoms with Crippen molar-refractivity contribution in [1.29, 1.82) is 0 Å². The van der Waals surface area contributed by atoms with Crippen LogP contribution in [-0.4, -0.2) is 9.97 Å². The molecule has 1 N–H and O–H groups in total. The first-order valence-corrected chi connectivity index (χ1v) is 5.45. The second-order valence-electron chi connectivity index (χ2n) is 3.58. The van der Waals surface area contributed by atoms with Crippen LogP contribution in [0.5, 0.6) is 0 Å². The minimum Gasteiger partial charge on any atom is -0.467 e. The van der Waals surface area contributed by atoms with Crippen LogP contribution in [0.2, 0.25) is 0 Å². The van der Waals surface area contributed by atoms with Crippen LogP contribution >= 0.6 is 0 Å². The lowest BCUT2D eigenvalue weighted by atomic mass is 10.2. The molecule has 0 amide bonds. The van der Waals surface area contributed by atoms with Gasteiger partial charge < -0.3 is 9.73 Å². The molecule has 84 valence electrons. The Morgan fingerprint density at radius 2 is 2.31 bits per heavy atom. The van der Waals surface area contributed by atoms with E-state index in [9.17, 15) is 0 Å². The van der Waals surface area contributed by atoms with E-state index < -0.39 is 0 Å². The highest BCUT2D eigenvalue weighted by molar-refractivity contribution is 5.35. The van der Waals surface area contributed by atoms with Gasteiger partial charge in [-0.3, -0.25) is 0 Å². The Hall–Kier alpha value is -1.84. The zero-order chi connectivity index (χ0) is 11.2. The number of hydrogen-bond donors (Lipinski definition) is 1. The van der Waals surface area contributed by atoms with Crippen molar-refractivity contribution in [3.8, 4) is 0 Å². The molecule has 2 aromatic rings. The number of anilines is 1. The first kappa shape index (κ1) is 10.7. The van der Waals surface area contributed by atoms with E-state index in [4.69, 9.17) is 4.42 Å². The van der Waals surface area contributed by atoms with Crippen molar-refractivity contribution in [3.05, 3.63) is 42.2 Å². The maximum atomic E-state index is 5.23. The van der Waals surface area contributed by atoms with Crippen LogP contribution in [0.3, 0.4) is 0 Å². The maximum Gasteiger partial charge on any atom is 0.129 e. The zero-order valence-electron chi connectivity index (χ0n) is 9.31. The molecule has 2 heterocycles. The highest BCUT2D eigenvalue weighted by Crippen LogP contribution is 2.08. The van der Waals surface area contributed by atoms with Crippen LogP contribution in [0.15, 0.2) is 35.2 Å². The number of rotatable bonds is 5. The Kier molecular flexibility index (Phi) is 3.53. The van der Waals surface area contributed by atoms with Gasteiger partial charge in [-0.1, -0.05) is 13.3 Å². The van der Waals surface area contributed by atoms with E-state index in [0.717, 1.165) is 30.1 Å². The second kappa shape index (κ2) is 5.30. The maximum absolute atomic E-state index is 5.23. The lowest BCUT2D eigenvalue weighted by molar-refractivity contribution is 0.518. The van der Waals surface area contributed by atoms with Gasteiger partial charge >= 0.3 is 0 Å². The first-order valence-electron chi connectivity index (χ1n) is 5.45. The van der Waals surface area contributed by atoms with Crippen molar-refractivity contribution in [3.63, 3.8) is 0 Å². The molecule has 4 heteroatoms. The van der Waals surface area contributed by atoms with Crippen LogP contribution in [0.25, 0.3) is 0 Å². The highest BCUT2D eigenvalue weighted by atomic mass is 16.3. The third kappa shape index (κ3) is 2.82. The third-order valence-electron chi connectivity index (χ3n) is 2.25. The summed E-state index contributed by atoms with van der Waals surface area (Å²) >= 11 is 0. The van der Waals surface area contributed by atoms with Gasteiger partial charge in [-0.2, -0.15) is 0 Å². The number of nitrogens with zero attached hydrogens (tertiary/aromatic N) is 2. The van der Waals surface area contributed by atoms with Crippen molar-refractivity contribution < 1.29 is 4.42 Å². The van der Waals surface area contributed by atoms with Crippen LogP contribution in [-0.2, 0) is 13.0 Å². The molecule has 0 radical (unpaired) electrons. The molecular formula is C12H15N3O. The van der Waals surface area contributed by atoms with Crippen molar-refractivity contribution in [2.75, 3.05) is 5.32 Å². The number of nitrogens with one attached hydrogen (secondary N) is 1.